The van der Waals surface area contributed by atoms with Crippen LogP contribution in [0.5, 0.6) is 0 Å². The first-order valence-corrected chi connectivity index (χ1v) is 6.92. The Morgan fingerprint density at radius 3 is 2.85 bits per heavy atom. The Balaban J connectivity index is 1.53. The summed E-state index contributed by atoms with van der Waals surface area (Å²) in [5, 5.41) is 17.7. The van der Waals surface area contributed by atoms with Crippen LogP contribution in [0.4, 0.5) is 5.82 Å². The van der Waals surface area contributed by atoms with Gasteiger partial charge in [0.25, 0.3) is 0 Å². The van der Waals surface area contributed by atoms with Crippen molar-refractivity contribution in [3.8, 4) is 11.4 Å². The molecule has 2 N–H and O–H groups in total. The second-order valence-electron chi connectivity index (χ2n) is 5.77. The Morgan fingerprint density at radius 2 is 2.15 bits per heavy atom. The molecule has 2 fully saturated rings. The third kappa shape index (κ3) is 1.81. The summed E-state index contributed by atoms with van der Waals surface area (Å²) in [5.74, 6) is 2.27. The molecule has 0 bridgehead atoms. The van der Waals surface area contributed by atoms with E-state index in [4.69, 9.17) is 0 Å². The van der Waals surface area contributed by atoms with Crippen molar-refractivity contribution in [2.45, 2.75) is 19.3 Å². The fourth-order valence-corrected chi connectivity index (χ4v) is 3.25. The van der Waals surface area contributed by atoms with Crippen LogP contribution in [-0.4, -0.2) is 31.1 Å². The fraction of sp³-hybridized carbons (Fsp3) is 0.538. The third-order valence-electron chi connectivity index (χ3n) is 4.47. The molecule has 104 valence electrons. The Bertz CT molecular complexity index is 649. The Morgan fingerprint density at radius 1 is 1.35 bits per heavy atom. The summed E-state index contributed by atoms with van der Waals surface area (Å²) in [6, 6.07) is 1.85. The van der Waals surface area contributed by atoms with Gasteiger partial charge < -0.3 is 5.32 Å². The lowest BCUT2D eigenvalue weighted by molar-refractivity contribution is -0.120. The second-order valence-corrected chi connectivity index (χ2v) is 5.77. The zero-order valence-electron chi connectivity index (χ0n) is 11.2. The summed E-state index contributed by atoms with van der Waals surface area (Å²) >= 11 is 0. The number of rotatable bonds is 3. The monoisotopic (exact) mass is 272 g/mol. The van der Waals surface area contributed by atoms with Gasteiger partial charge in [0.1, 0.15) is 0 Å². The predicted octanol–water partition coefficient (Wildman–Crippen LogP) is 1.19. The van der Waals surface area contributed by atoms with Gasteiger partial charge in [-0.3, -0.25) is 9.48 Å². The number of carbonyl (C=O) groups is 1. The number of nitrogens with one attached hydrogen (secondary N) is 2. The lowest BCUT2D eigenvalue weighted by Gasteiger charge is -2.11. The third-order valence-corrected chi connectivity index (χ3v) is 4.47. The van der Waals surface area contributed by atoms with Gasteiger partial charge in [-0.25, -0.2) is 0 Å². The lowest BCUT2D eigenvalue weighted by Crippen LogP contribution is -2.22. The van der Waals surface area contributed by atoms with Crippen molar-refractivity contribution in [1.82, 2.24) is 25.2 Å². The Kier molecular flexibility index (Phi) is 2.42. The second kappa shape index (κ2) is 4.16. The van der Waals surface area contributed by atoms with Gasteiger partial charge in [-0.1, -0.05) is 0 Å². The van der Waals surface area contributed by atoms with E-state index < -0.39 is 0 Å². The minimum absolute atomic E-state index is 0.0644. The molecule has 7 heteroatoms. The molecule has 2 heterocycles. The number of fused-ring (bicyclic) bond motifs is 1. The van der Waals surface area contributed by atoms with Gasteiger partial charge in [-0.05, 0) is 37.2 Å². The first kappa shape index (κ1) is 11.6. The maximum atomic E-state index is 12.3. The molecule has 2 saturated carbocycles. The van der Waals surface area contributed by atoms with Gasteiger partial charge >= 0.3 is 0 Å². The fourth-order valence-electron chi connectivity index (χ4n) is 3.25. The van der Waals surface area contributed by atoms with Crippen molar-refractivity contribution in [3.05, 3.63) is 12.3 Å². The summed E-state index contributed by atoms with van der Waals surface area (Å²) in [4.78, 5) is 12.3. The van der Waals surface area contributed by atoms with Gasteiger partial charge in [0.15, 0.2) is 11.5 Å². The number of nitrogens with zero attached hydrogens (tertiary/aromatic N) is 4. The molecule has 2 aromatic rings. The van der Waals surface area contributed by atoms with E-state index in [0.717, 1.165) is 30.4 Å². The summed E-state index contributed by atoms with van der Waals surface area (Å²) in [5.41, 5.74) is 1.45. The predicted molar refractivity (Wildman–Crippen MR) is 71.5 cm³/mol. The molecule has 0 radical (unpaired) electrons. The van der Waals surface area contributed by atoms with E-state index in [1.54, 1.807) is 10.9 Å². The Labute approximate surface area is 115 Å². The molecule has 20 heavy (non-hydrogen) atoms. The molecule has 0 aliphatic heterocycles. The van der Waals surface area contributed by atoms with Crippen molar-refractivity contribution in [3.63, 3.8) is 0 Å². The minimum Gasteiger partial charge on any atom is -0.307 e. The van der Waals surface area contributed by atoms with E-state index in [1.165, 1.54) is 6.42 Å². The zero-order valence-corrected chi connectivity index (χ0v) is 11.2. The molecule has 3 atom stereocenters. The molecule has 2 aromatic heterocycles. The van der Waals surface area contributed by atoms with E-state index in [0.29, 0.717) is 11.5 Å². The summed E-state index contributed by atoms with van der Waals surface area (Å²) in [7, 11) is 1.83. The number of hydrogen-bond donors (Lipinski definition) is 2. The summed E-state index contributed by atoms with van der Waals surface area (Å²) < 4.78 is 1.71. The van der Waals surface area contributed by atoms with Crippen LogP contribution in [0.3, 0.4) is 0 Å². The highest BCUT2D eigenvalue weighted by atomic mass is 16.2. The average molecular weight is 272 g/mol. The van der Waals surface area contributed by atoms with Crippen LogP contribution in [0.1, 0.15) is 19.3 Å². The number of aromatic amines is 1. The van der Waals surface area contributed by atoms with E-state index in [-0.39, 0.29) is 11.8 Å². The van der Waals surface area contributed by atoms with Crippen molar-refractivity contribution in [1.29, 1.82) is 0 Å². The molecular formula is C13H16N6O. The zero-order chi connectivity index (χ0) is 13.7. The van der Waals surface area contributed by atoms with Crippen LogP contribution in [0.15, 0.2) is 12.3 Å². The van der Waals surface area contributed by atoms with Crippen molar-refractivity contribution < 1.29 is 4.79 Å². The maximum absolute atomic E-state index is 12.3. The molecule has 0 spiro atoms. The molecule has 7 nitrogen and oxygen atoms in total. The van der Waals surface area contributed by atoms with Gasteiger partial charge in [-0.2, -0.15) is 15.4 Å². The number of aromatic nitrogens is 5. The highest BCUT2D eigenvalue weighted by molar-refractivity contribution is 5.94. The highest BCUT2D eigenvalue weighted by Gasteiger charge is 2.48. The van der Waals surface area contributed by atoms with Crippen LogP contribution in [0, 0.1) is 17.8 Å². The molecule has 0 aromatic carbocycles. The average Bonchev–Trinajstić information content (AvgIpc) is 2.87. The summed E-state index contributed by atoms with van der Waals surface area (Å²) in [6.07, 6.45) is 5.05. The first-order chi connectivity index (χ1) is 9.72. The summed E-state index contributed by atoms with van der Waals surface area (Å²) in [6.45, 7) is 0. The van der Waals surface area contributed by atoms with Gasteiger partial charge in [0.2, 0.25) is 5.91 Å². The molecule has 2 aliphatic rings. The van der Waals surface area contributed by atoms with Crippen molar-refractivity contribution in [2.24, 2.45) is 24.8 Å². The number of H-pyrrole nitrogens is 1. The molecule has 4 rings (SSSR count). The first-order valence-electron chi connectivity index (χ1n) is 6.92. The van der Waals surface area contributed by atoms with E-state index >= 15 is 0 Å². The molecule has 1 amide bonds. The molecule has 0 saturated heterocycles. The number of amides is 1. The van der Waals surface area contributed by atoms with Gasteiger partial charge in [-0.15, -0.1) is 5.10 Å². The quantitative estimate of drug-likeness (QED) is 0.878. The molecule has 2 aliphatic carbocycles. The maximum Gasteiger partial charge on any atom is 0.228 e. The molecule has 1 unspecified atom stereocenters. The Hall–Kier alpha value is -2.18. The van der Waals surface area contributed by atoms with Crippen LogP contribution >= 0.6 is 0 Å². The van der Waals surface area contributed by atoms with E-state index in [2.05, 4.69) is 25.8 Å². The van der Waals surface area contributed by atoms with Crippen LogP contribution in [0.2, 0.25) is 0 Å². The normalized spacial score (nSPS) is 27.4. The molecular weight excluding hydrogens is 256 g/mol. The van der Waals surface area contributed by atoms with Gasteiger partial charge in [0, 0.05) is 19.2 Å². The topological polar surface area (TPSA) is 88.5 Å². The van der Waals surface area contributed by atoms with E-state index in [9.17, 15) is 4.79 Å². The van der Waals surface area contributed by atoms with Crippen LogP contribution in [0.25, 0.3) is 11.4 Å². The number of carbonyl (C=O) groups excluding carboxylic acids is 1. The number of anilines is 1. The SMILES string of the molecule is Cn1nccc1-c1n[nH]nc1NC(=O)C1C[C@@H]2C[C@@H]2C1. The van der Waals surface area contributed by atoms with Crippen molar-refractivity contribution >= 4 is 11.7 Å². The lowest BCUT2D eigenvalue weighted by atomic mass is 10.0. The van der Waals surface area contributed by atoms with E-state index in [1.807, 2.05) is 13.1 Å². The number of hydrogen-bond acceptors (Lipinski definition) is 4. The van der Waals surface area contributed by atoms with Crippen LogP contribution < -0.4 is 5.32 Å². The highest BCUT2D eigenvalue weighted by Crippen LogP contribution is 2.54. The van der Waals surface area contributed by atoms with Crippen LogP contribution in [-0.2, 0) is 11.8 Å². The number of aryl methyl sites for hydroxylation is 1. The van der Waals surface area contributed by atoms with Gasteiger partial charge in [0.05, 0.1) is 5.69 Å². The smallest absolute Gasteiger partial charge is 0.228 e. The van der Waals surface area contributed by atoms with Crippen molar-refractivity contribution in [2.75, 3.05) is 5.32 Å². The minimum atomic E-state index is 0.0644. The largest absolute Gasteiger partial charge is 0.307 e. The standard InChI is InChI=1S/C13H16N6O/c1-19-10(2-3-14-19)11-12(17-18-16-11)15-13(20)9-5-7-4-8(7)6-9/h2-3,7-9H,4-6H2,1H3,(H2,15,16,17,18,20)/t7-,8+,9?.